The first kappa shape index (κ1) is 22.4. The number of nitrogens with one attached hydrogen (secondary N) is 1. The van der Waals surface area contributed by atoms with Gasteiger partial charge in [0.15, 0.2) is 5.60 Å². The minimum absolute atomic E-state index is 0.0237. The molecule has 3 aromatic rings. The van der Waals surface area contributed by atoms with E-state index in [4.69, 9.17) is 9.47 Å². The highest BCUT2D eigenvalue weighted by atomic mass is 16.6. The number of aliphatic hydroxyl groups is 1. The molecule has 0 spiro atoms. The second kappa shape index (κ2) is 9.71. The Morgan fingerprint density at radius 2 is 1.53 bits per heavy atom. The van der Waals surface area contributed by atoms with Gasteiger partial charge in [-0.1, -0.05) is 60.7 Å². The van der Waals surface area contributed by atoms with Gasteiger partial charge >= 0.3 is 5.69 Å². The van der Waals surface area contributed by atoms with Crippen LogP contribution in [0, 0.1) is 10.1 Å². The third kappa shape index (κ3) is 4.42. The number of hydrazone groups is 1. The lowest BCUT2D eigenvalue weighted by molar-refractivity contribution is -0.385. The molecule has 0 aliphatic heterocycles. The molecule has 0 fully saturated rings. The van der Waals surface area contributed by atoms with Crippen LogP contribution in [0.2, 0.25) is 0 Å². The molecule has 0 saturated heterocycles. The summed E-state index contributed by atoms with van der Waals surface area (Å²) in [6.07, 6.45) is 1.19. The zero-order chi connectivity index (χ0) is 23.1. The molecule has 0 unspecified atom stereocenters. The van der Waals surface area contributed by atoms with E-state index < -0.39 is 16.4 Å². The zero-order valence-corrected chi connectivity index (χ0v) is 17.4. The van der Waals surface area contributed by atoms with Gasteiger partial charge in [-0.25, -0.2) is 5.43 Å². The lowest BCUT2D eigenvalue weighted by Crippen LogP contribution is -2.43. The molecule has 2 N–H and O–H groups in total. The van der Waals surface area contributed by atoms with Crippen LogP contribution in [0.3, 0.4) is 0 Å². The molecule has 0 atom stereocenters. The summed E-state index contributed by atoms with van der Waals surface area (Å²) < 4.78 is 10.3. The number of carbonyl (C=O) groups is 1. The van der Waals surface area contributed by atoms with E-state index in [-0.39, 0.29) is 22.7 Å². The van der Waals surface area contributed by atoms with Crippen molar-refractivity contribution in [3.8, 4) is 11.5 Å². The van der Waals surface area contributed by atoms with Crippen molar-refractivity contribution in [1.29, 1.82) is 0 Å². The Morgan fingerprint density at radius 3 is 2.00 bits per heavy atom. The monoisotopic (exact) mass is 435 g/mol. The zero-order valence-electron chi connectivity index (χ0n) is 17.4. The summed E-state index contributed by atoms with van der Waals surface area (Å²) >= 11 is 0. The topological polar surface area (TPSA) is 123 Å². The molecule has 3 aromatic carbocycles. The largest absolute Gasteiger partial charge is 0.496 e. The van der Waals surface area contributed by atoms with Crippen LogP contribution in [-0.2, 0) is 10.4 Å². The van der Waals surface area contributed by atoms with Crippen molar-refractivity contribution in [3.63, 3.8) is 0 Å². The van der Waals surface area contributed by atoms with E-state index in [0.29, 0.717) is 11.1 Å². The Morgan fingerprint density at radius 1 is 1.00 bits per heavy atom. The number of nitro benzene ring substituents is 1. The maximum absolute atomic E-state index is 13.1. The second-order valence-corrected chi connectivity index (χ2v) is 6.66. The summed E-state index contributed by atoms with van der Waals surface area (Å²) in [5.41, 5.74) is 0.986. The Labute approximate surface area is 184 Å². The first-order chi connectivity index (χ1) is 15.4. The van der Waals surface area contributed by atoms with Gasteiger partial charge < -0.3 is 14.6 Å². The Kier molecular flexibility index (Phi) is 6.81. The Hall–Kier alpha value is -4.24. The highest BCUT2D eigenvalue weighted by Gasteiger charge is 2.39. The van der Waals surface area contributed by atoms with Gasteiger partial charge in [-0.15, -0.1) is 0 Å². The first-order valence-corrected chi connectivity index (χ1v) is 9.49. The van der Waals surface area contributed by atoms with Gasteiger partial charge in [-0.2, -0.15) is 5.10 Å². The van der Waals surface area contributed by atoms with Crippen LogP contribution in [0.1, 0.15) is 16.7 Å². The van der Waals surface area contributed by atoms with Crippen LogP contribution >= 0.6 is 0 Å². The molecular formula is C23H21N3O6. The maximum Gasteiger partial charge on any atom is 0.311 e. The number of hydrogen-bond donors (Lipinski definition) is 2. The SMILES string of the molecule is COc1cc(OC)c([N+](=O)[O-])cc1/C=N\NC(=O)C(O)(c1ccccc1)c1ccccc1. The number of hydrogen-bond acceptors (Lipinski definition) is 7. The lowest BCUT2D eigenvalue weighted by atomic mass is 9.85. The van der Waals surface area contributed by atoms with E-state index in [1.54, 1.807) is 60.7 Å². The van der Waals surface area contributed by atoms with Crippen LogP contribution in [0.15, 0.2) is 77.9 Å². The van der Waals surface area contributed by atoms with E-state index in [1.807, 2.05) is 0 Å². The first-order valence-electron chi connectivity index (χ1n) is 9.49. The lowest BCUT2D eigenvalue weighted by Gasteiger charge is -2.27. The van der Waals surface area contributed by atoms with Crippen molar-refractivity contribution >= 4 is 17.8 Å². The van der Waals surface area contributed by atoms with Crippen LogP contribution in [0.25, 0.3) is 0 Å². The molecule has 9 nitrogen and oxygen atoms in total. The summed E-state index contributed by atoms with van der Waals surface area (Å²) in [4.78, 5) is 23.7. The molecule has 9 heteroatoms. The fraction of sp³-hybridized carbons (Fsp3) is 0.130. The van der Waals surface area contributed by atoms with Crippen molar-refractivity contribution in [2.24, 2.45) is 5.10 Å². The molecular weight excluding hydrogens is 414 g/mol. The number of amides is 1. The molecule has 0 aromatic heterocycles. The summed E-state index contributed by atoms with van der Waals surface area (Å²) in [6.45, 7) is 0. The molecule has 0 heterocycles. The van der Waals surface area contributed by atoms with Gasteiger partial charge in [-0.05, 0) is 11.1 Å². The molecule has 1 amide bonds. The van der Waals surface area contributed by atoms with Gasteiger partial charge in [0.1, 0.15) is 5.75 Å². The molecule has 164 valence electrons. The minimum Gasteiger partial charge on any atom is -0.496 e. The predicted octanol–water partition coefficient (Wildman–Crippen LogP) is 3.00. The van der Waals surface area contributed by atoms with Crippen molar-refractivity contribution < 1.29 is 24.3 Å². The van der Waals surface area contributed by atoms with Crippen molar-refractivity contribution in [2.45, 2.75) is 5.60 Å². The fourth-order valence-electron chi connectivity index (χ4n) is 3.18. The van der Waals surface area contributed by atoms with Gasteiger partial charge in [0.2, 0.25) is 5.75 Å². The maximum atomic E-state index is 13.1. The number of rotatable bonds is 8. The van der Waals surface area contributed by atoms with E-state index in [0.717, 1.165) is 0 Å². The van der Waals surface area contributed by atoms with Gasteiger partial charge in [-0.3, -0.25) is 14.9 Å². The normalized spacial score (nSPS) is 11.2. The number of benzene rings is 3. The van der Waals surface area contributed by atoms with Crippen molar-refractivity contribution in [3.05, 3.63) is 99.6 Å². The van der Waals surface area contributed by atoms with Gasteiger partial charge in [0.25, 0.3) is 5.91 Å². The van der Waals surface area contributed by atoms with Gasteiger partial charge in [0.05, 0.1) is 25.4 Å². The van der Waals surface area contributed by atoms with E-state index in [9.17, 15) is 20.0 Å². The predicted molar refractivity (Wildman–Crippen MR) is 118 cm³/mol. The molecule has 0 aliphatic rings. The van der Waals surface area contributed by atoms with Crippen molar-refractivity contribution in [1.82, 2.24) is 5.43 Å². The van der Waals surface area contributed by atoms with Crippen molar-refractivity contribution in [2.75, 3.05) is 14.2 Å². The molecule has 0 radical (unpaired) electrons. The highest BCUT2D eigenvalue weighted by molar-refractivity contribution is 5.92. The Balaban J connectivity index is 1.94. The molecule has 0 bridgehead atoms. The standard InChI is InChI=1S/C23H21N3O6/c1-31-20-14-21(32-2)19(26(29)30)13-16(20)15-24-25-22(27)23(28,17-9-5-3-6-10-17)18-11-7-4-8-12-18/h3-15,28H,1-2H3,(H,25,27)/b24-15-. The number of ether oxygens (including phenoxy) is 2. The van der Waals surface area contributed by atoms with Gasteiger partial charge in [0, 0.05) is 17.7 Å². The molecule has 32 heavy (non-hydrogen) atoms. The third-order valence-electron chi connectivity index (χ3n) is 4.81. The quantitative estimate of drug-likeness (QED) is 0.319. The van der Waals surface area contributed by atoms with Crippen LogP contribution in [0.5, 0.6) is 11.5 Å². The molecule has 0 saturated carbocycles. The fourth-order valence-corrected chi connectivity index (χ4v) is 3.18. The van der Waals surface area contributed by atoms with E-state index in [1.165, 1.54) is 32.6 Å². The number of nitrogens with zero attached hydrogens (tertiary/aromatic N) is 2. The summed E-state index contributed by atoms with van der Waals surface area (Å²) in [7, 11) is 2.70. The average Bonchev–Trinajstić information content (AvgIpc) is 2.84. The highest BCUT2D eigenvalue weighted by Crippen LogP contribution is 2.34. The summed E-state index contributed by atoms with van der Waals surface area (Å²) in [6, 6.07) is 19.5. The van der Waals surface area contributed by atoms with Crippen LogP contribution < -0.4 is 14.9 Å². The van der Waals surface area contributed by atoms with E-state index >= 15 is 0 Å². The Bertz CT molecular complexity index is 1090. The number of nitro groups is 1. The smallest absolute Gasteiger partial charge is 0.311 e. The number of methoxy groups -OCH3 is 2. The minimum atomic E-state index is -2.00. The van der Waals surface area contributed by atoms with Crippen LogP contribution in [-0.4, -0.2) is 36.4 Å². The second-order valence-electron chi connectivity index (χ2n) is 6.66. The number of carbonyl (C=O) groups excluding carboxylic acids is 1. The third-order valence-corrected chi connectivity index (χ3v) is 4.81. The molecule has 3 rings (SSSR count). The molecule has 0 aliphatic carbocycles. The summed E-state index contributed by atoms with van der Waals surface area (Å²) in [5, 5.41) is 26.6. The van der Waals surface area contributed by atoms with Crippen LogP contribution in [0.4, 0.5) is 5.69 Å². The van der Waals surface area contributed by atoms with E-state index in [2.05, 4.69) is 10.5 Å². The average molecular weight is 435 g/mol. The summed E-state index contributed by atoms with van der Waals surface area (Å²) in [5.74, 6) is -0.518.